The van der Waals surface area contributed by atoms with Crippen LogP contribution in [0.4, 0.5) is 13.2 Å². The van der Waals surface area contributed by atoms with Gasteiger partial charge in [0.1, 0.15) is 34.7 Å². The largest absolute Gasteiger partial charge is 0.331 e. The average molecular weight is 659 g/mol. The van der Waals surface area contributed by atoms with Crippen LogP contribution < -0.4 is 0 Å². The Morgan fingerprint density at radius 3 is 2.59 bits per heavy atom. The van der Waals surface area contributed by atoms with Crippen molar-refractivity contribution < 1.29 is 18.0 Å². The van der Waals surface area contributed by atoms with Crippen LogP contribution in [-0.4, -0.2) is 47.9 Å². The van der Waals surface area contributed by atoms with Crippen molar-refractivity contribution in [3.63, 3.8) is 0 Å². The number of thioether (sulfide) groups is 1. The summed E-state index contributed by atoms with van der Waals surface area (Å²) in [5, 5.41) is 6.50. The molecule has 0 saturated heterocycles. The highest BCUT2D eigenvalue weighted by atomic mass is 32.2. The average Bonchev–Trinajstić information content (AvgIpc) is 3.73. The predicted octanol–water partition coefficient (Wildman–Crippen LogP) is 8.48. The monoisotopic (exact) mass is 658 g/mol. The second kappa shape index (κ2) is 11.1. The van der Waals surface area contributed by atoms with Gasteiger partial charge in [-0.3, -0.25) is 9.48 Å². The number of hydrogen-bond donors (Lipinski definition) is 0. The number of carbonyl (C=O) groups is 1. The summed E-state index contributed by atoms with van der Waals surface area (Å²) in [6, 6.07) is 9.12. The first-order chi connectivity index (χ1) is 22.0. The van der Waals surface area contributed by atoms with Gasteiger partial charge in [0, 0.05) is 52.0 Å². The predicted molar refractivity (Wildman–Crippen MR) is 177 cm³/mol. The third-order valence-electron chi connectivity index (χ3n) is 8.78. The molecule has 0 radical (unpaired) electrons. The van der Waals surface area contributed by atoms with Crippen molar-refractivity contribution in [3.8, 4) is 33.8 Å². The lowest BCUT2D eigenvalue weighted by molar-refractivity contribution is -0.129. The number of pyridine rings is 1. The van der Waals surface area contributed by atoms with Crippen LogP contribution in [0.5, 0.6) is 0 Å². The lowest BCUT2D eigenvalue weighted by atomic mass is 9.95. The van der Waals surface area contributed by atoms with Crippen molar-refractivity contribution in [2.75, 3.05) is 12.8 Å². The SMILES string of the molecule is C=CC(=O)N1C[C@H](C)n2nc(-c3nc(-c4ccc5c(c4)nc(C)n5C)c4scc(F)c4c3-c3c(F)cc(F)cc3SC)cc2[C@H]1C. The molecule has 12 heteroatoms. The molecule has 1 amide bonds. The maximum Gasteiger partial charge on any atom is 0.246 e. The van der Waals surface area contributed by atoms with Gasteiger partial charge in [0.2, 0.25) is 5.91 Å². The standard InChI is InChI=1S/C34H29F3N6OS2/c1-7-28(44)42-14-16(2)43-26(17(42)3)13-24(40-43)33-31(29-21(36)11-20(35)12-27(29)45-6)30-22(37)15-46-34(30)32(39-33)19-8-9-25-23(10-19)38-18(4)41(25)5/h7-13,15-17H,1,14H2,2-6H3/t16-,17+/m0/s1. The number of halogens is 3. The van der Waals surface area contributed by atoms with E-state index in [1.54, 1.807) is 11.2 Å². The molecule has 0 spiro atoms. The Morgan fingerprint density at radius 1 is 1.07 bits per heavy atom. The van der Waals surface area contributed by atoms with Crippen LogP contribution >= 0.6 is 23.1 Å². The lowest BCUT2D eigenvalue weighted by Crippen LogP contribution is -2.42. The van der Waals surface area contributed by atoms with E-state index in [0.717, 1.165) is 40.4 Å². The second-order valence-electron chi connectivity index (χ2n) is 11.5. The lowest BCUT2D eigenvalue weighted by Gasteiger charge is -2.36. The Balaban J connectivity index is 1.56. The van der Waals surface area contributed by atoms with Gasteiger partial charge in [-0.25, -0.2) is 23.1 Å². The number of aromatic nitrogens is 5. The van der Waals surface area contributed by atoms with Crippen molar-refractivity contribution in [1.82, 2.24) is 29.2 Å². The van der Waals surface area contributed by atoms with Gasteiger partial charge in [-0.2, -0.15) is 5.10 Å². The highest BCUT2D eigenvalue weighted by Gasteiger charge is 2.34. The maximum absolute atomic E-state index is 16.1. The first-order valence-corrected chi connectivity index (χ1v) is 16.7. The summed E-state index contributed by atoms with van der Waals surface area (Å²) in [5.41, 5.74) is 4.54. The smallest absolute Gasteiger partial charge is 0.246 e. The molecule has 0 bridgehead atoms. The minimum Gasteiger partial charge on any atom is -0.331 e. The molecule has 0 unspecified atom stereocenters. The second-order valence-corrected chi connectivity index (χ2v) is 13.2. The molecule has 7 rings (SSSR count). The fourth-order valence-corrected chi connectivity index (χ4v) is 7.96. The van der Waals surface area contributed by atoms with Gasteiger partial charge in [0.25, 0.3) is 0 Å². The number of fused-ring (bicyclic) bond motifs is 3. The van der Waals surface area contributed by atoms with E-state index in [1.807, 2.05) is 61.3 Å². The molecular formula is C34H29F3N6OS2. The molecule has 5 heterocycles. The van der Waals surface area contributed by atoms with Crippen LogP contribution in [0.2, 0.25) is 0 Å². The molecular weight excluding hydrogens is 630 g/mol. The van der Waals surface area contributed by atoms with Crippen LogP contribution in [0.15, 0.2) is 59.3 Å². The molecule has 0 N–H and O–H groups in total. The van der Waals surface area contributed by atoms with Gasteiger partial charge in [0.15, 0.2) is 0 Å². The summed E-state index contributed by atoms with van der Waals surface area (Å²) < 4.78 is 50.8. The van der Waals surface area contributed by atoms with Crippen LogP contribution in [0.3, 0.4) is 0 Å². The topological polar surface area (TPSA) is 68.8 Å². The Hall–Kier alpha value is -4.42. The van der Waals surface area contributed by atoms with Crippen molar-refractivity contribution in [2.45, 2.75) is 37.8 Å². The highest BCUT2D eigenvalue weighted by Crippen LogP contribution is 2.48. The molecule has 234 valence electrons. The zero-order valence-electron chi connectivity index (χ0n) is 25.7. The van der Waals surface area contributed by atoms with Crippen molar-refractivity contribution in [2.24, 2.45) is 7.05 Å². The summed E-state index contributed by atoms with van der Waals surface area (Å²) >= 11 is 2.34. The first-order valence-electron chi connectivity index (χ1n) is 14.6. The van der Waals surface area contributed by atoms with Gasteiger partial charge in [-0.15, -0.1) is 23.1 Å². The van der Waals surface area contributed by atoms with Crippen LogP contribution in [-0.2, 0) is 11.8 Å². The fourth-order valence-electron chi connectivity index (χ4n) is 6.39. The summed E-state index contributed by atoms with van der Waals surface area (Å²) in [6.07, 6.45) is 3.00. The maximum atomic E-state index is 16.1. The van der Waals surface area contributed by atoms with Crippen LogP contribution in [0, 0.1) is 24.4 Å². The molecule has 0 saturated carbocycles. The molecule has 0 aliphatic carbocycles. The number of rotatable bonds is 5. The number of nitrogens with zero attached hydrogens (tertiary/aromatic N) is 6. The van der Waals surface area contributed by atoms with E-state index in [-0.39, 0.29) is 40.2 Å². The molecule has 7 nitrogen and oxygen atoms in total. The number of benzene rings is 2. The zero-order valence-corrected chi connectivity index (χ0v) is 27.4. The van der Waals surface area contributed by atoms with Crippen molar-refractivity contribution >= 4 is 50.1 Å². The number of aryl methyl sites for hydroxylation is 2. The first kappa shape index (κ1) is 30.2. The van der Waals surface area contributed by atoms with E-state index in [2.05, 4.69) is 11.6 Å². The molecule has 0 fully saturated rings. The van der Waals surface area contributed by atoms with Crippen LogP contribution in [0.1, 0.15) is 37.4 Å². The summed E-state index contributed by atoms with van der Waals surface area (Å²) in [4.78, 5) is 24.5. The molecule has 2 atom stereocenters. The molecule has 46 heavy (non-hydrogen) atoms. The van der Waals surface area contributed by atoms with E-state index in [1.165, 1.54) is 28.9 Å². The highest BCUT2D eigenvalue weighted by molar-refractivity contribution is 7.98. The van der Waals surface area contributed by atoms with E-state index in [0.29, 0.717) is 33.1 Å². The molecule has 1 aliphatic heterocycles. The van der Waals surface area contributed by atoms with Gasteiger partial charge >= 0.3 is 0 Å². The van der Waals surface area contributed by atoms with Crippen molar-refractivity contribution in [3.05, 3.63) is 83.4 Å². The van der Waals surface area contributed by atoms with Gasteiger partial charge < -0.3 is 9.47 Å². The number of amides is 1. The molecule has 2 aromatic carbocycles. The Kier molecular flexibility index (Phi) is 7.32. The number of imidazole rings is 1. The third kappa shape index (κ3) is 4.57. The van der Waals surface area contributed by atoms with Gasteiger partial charge in [-0.1, -0.05) is 12.6 Å². The number of carbonyl (C=O) groups excluding carboxylic acids is 1. The summed E-state index contributed by atoms with van der Waals surface area (Å²) in [7, 11) is 1.94. The zero-order chi connectivity index (χ0) is 32.6. The minimum atomic E-state index is -0.828. The van der Waals surface area contributed by atoms with Crippen molar-refractivity contribution in [1.29, 1.82) is 0 Å². The van der Waals surface area contributed by atoms with Gasteiger partial charge in [-0.05, 0) is 57.4 Å². The fraction of sp³-hybridized carbons (Fsp3) is 0.235. The Bertz CT molecular complexity index is 2240. The van der Waals surface area contributed by atoms with Crippen LogP contribution in [0.25, 0.3) is 54.9 Å². The Morgan fingerprint density at radius 2 is 1.85 bits per heavy atom. The number of thiophene rings is 1. The van der Waals surface area contributed by atoms with Gasteiger partial charge in [0.05, 0.1) is 39.2 Å². The molecule has 4 aromatic heterocycles. The minimum absolute atomic E-state index is 0.0524. The molecule has 6 aromatic rings. The summed E-state index contributed by atoms with van der Waals surface area (Å²) in [6.45, 7) is 9.84. The van der Waals surface area contributed by atoms with E-state index in [9.17, 15) is 9.18 Å². The third-order valence-corrected chi connectivity index (χ3v) is 10.5. The number of hydrogen-bond acceptors (Lipinski definition) is 6. The normalized spacial score (nSPS) is 16.4. The quantitative estimate of drug-likeness (QED) is 0.137. The molecule has 1 aliphatic rings. The van der Waals surface area contributed by atoms with E-state index >= 15 is 8.78 Å². The summed E-state index contributed by atoms with van der Waals surface area (Å²) in [5.74, 6) is -1.46. The Labute approximate surface area is 271 Å². The van der Waals surface area contributed by atoms with E-state index < -0.39 is 17.5 Å². The van der Waals surface area contributed by atoms with E-state index in [4.69, 9.17) is 10.1 Å².